The number of methoxy groups -OCH3 is 1. The minimum absolute atomic E-state index is 0.159. The molecule has 0 aromatic heterocycles. The average molecular weight is 460 g/mol. The SMILES string of the molecule is COC(=O)Cc1ccc(C(Nc2ccc(CN(C)C)cc2)=C2C(=O)Nc3cc(F)ccc32)cc1. The zero-order valence-corrected chi connectivity index (χ0v) is 19.3. The van der Waals surface area contributed by atoms with Crippen molar-refractivity contribution in [3.63, 3.8) is 0 Å². The second-order valence-corrected chi connectivity index (χ2v) is 8.40. The van der Waals surface area contributed by atoms with Gasteiger partial charge in [0.15, 0.2) is 0 Å². The number of amides is 1. The van der Waals surface area contributed by atoms with Crippen LogP contribution >= 0.6 is 0 Å². The zero-order chi connectivity index (χ0) is 24.2. The smallest absolute Gasteiger partial charge is 0.309 e. The van der Waals surface area contributed by atoms with Gasteiger partial charge < -0.3 is 20.3 Å². The monoisotopic (exact) mass is 459 g/mol. The van der Waals surface area contributed by atoms with Crippen molar-refractivity contribution in [2.24, 2.45) is 0 Å². The Balaban J connectivity index is 1.76. The molecule has 3 aromatic carbocycles. The summed E-state index contributed by atoms with van der Waals surface area (Å²) in [4.78, 5) is 26.7. The number of hydrogen-bond donors (Lipinski definition) is 2. The number of carbonyl (C=O) groups is 2. The summed E-state index contributed by atoms with van der Waals surface area (Å²) >= 11 is 0. The summed E-state index contributed by atoms with van der Waals surface area (Å²) in [5.74, 6) is -1.06. The normalized spacial score (nSPS) is 14.0. The third kappa shape index (κ3) is 5.15. The highest BCUT2D eigenvalue weighted by Gasteiger charge is 2.29. The number of halogens is 1. The van der Waals surface area contributed by atoms with Crippen LogP contribution < -0.4 is 10.6 Å². The molecule has 4 rings (SSSR count). The molecule has 1 amide bonds. The van der Waals surface area contributed by atoms with E-state index >= 15 is 0 Å². The molecule has 174 valence electrons. The number of anilines is 2. The van der Waals surface area contributed by atoms with E-state index < -0.39 is 5.82 Å². The predicted octanol–water partition coefficient (Wildman–Crippen LogP) is 4.54. The van der Waals surface area contributed by atoms with Crippen LogP contribution in [0.2, 0.25) is 0 Å². The van der Waals surface area contributed by atoms with Gasteiger partial charge in [-0.2, -0.15) is 0 Å². The van der Waals surface area contributed by atoms with Gasteiger partial charge in [-0.25, -0.2) is 4.39 Å². The molecule has 0 fully saturated rings. The molecule has 0 saturated carbocycles. The third-order valence-electron chi connectivity index (χ3n) is 5.52. The number of carbonyl (C=O) groups excluding carboxylic acids is 2. The fourth-order valence-corrected chi connectivity index (χ4v) is 3.90. The number of ether oxygens (including phenoxy) is 1. The largest absolute Gasteiger partial charge is 0.469 e. The van der Waals surface area contributed by atoms with Crippen molar-refractivity contribution in [1.82, 2.24) is 4.90 Å². The molecule has 1 aliphatic rings. The van der Waals surface area contributed by atoms with Crippen molar-refractivity contribution >= 4 is 34.5 Å². The first-order valence-corrected chi connectivity index (χ1v) is 10.9. The Morgan fingerprint density at radius 1 is 1.00 bits per heavy atom. The van der Waals surface area contributed by atoms with Crippen molar-refractivity contribution in [3.8, 4) is 0 Å². The van der Waals surface area contributed by atoms with Gasteiger partial charge >= 0.3 is 5.97 Å². The first-order chi connectivity index (χ1) is 16.3. The lowest BCUT2D eigenvalue weighted by Gasteiger charge is -2.16. The Morgan fingerprint density at radius 3 is 2.32 bits per heavy atom. The van der Waals surface area contributed by atoms with Crippen molar-refractivity contribution in [2.45, 2.75) is 13.0 Å². The molecule has 6 nitrogen and oxygen atoms in total. The van der Waals surface area contributed by atoms with Gasteiger partial charge in [0.05, 0.1) is 30.5 Å². The summed E-state index contributed by atoms with van der Waals surface area (Å²) in [5.41, 5.74) is 5.60. The molecule has 0 atom stereocenters. The van der Waals surface area contributed by atoms with Crippen LogP contribution in [-0.2, 0) is 27.3 Å². The molecule has 1 aliphatic heterocycles. The van der Waals surface area contributed by atoms with E-state index in [0.717, 1.165) is 28.9 Å². The summed E-state index contributed by atoms with van der Waals surface area (Å²) in [6.07, 6.45) is 0.159. The number of benzene rings is 3. The summed E-state index contributed by atoms with van der Waals surface area (Å²) in [7, 11) is 5.38. The highest BCUT2D eigenvalue weighted by molar-refractivity contribution is 6.37. The molecule has 0 aliphatic carbocycles. The summed E-state index contributed by atoms with van der Waals surface area (Å²) in [5, 5.41) is 6.15. The van der Waals surface area contributed by atoms with Crippen molar-refractivity contribution in [2.75, 3.05) is 31.8 Å². The van der Waals surface area contributed by atoms with E-state index in [-0.39, 0.29) is 18.3 Å². The van der Waals surface area contributed by atoms with Crippen molar-refractivity contribution < 1.29 is 18.7 Å². The molecular formula is C27H26FN3O3. The predicted molar refractivity (Wildman–Crippen MR) is 131 cm³/mol. The maximum absolute atomic E-state index is 13.8. The van der Waals surface area contributed by atoms with Crippen LogP contribution in [-0.4, -0.2) is 38.0 Å². The van der Waals surface area contributed by atoms with Gasteiger partial charge in [0.1, 0.15) is 5.82 Å². The van der Waals surface area contributed by atoms with E-state index in [0.29, 0.717) is 22.5 Å². The minimum atomic E-state index is -0.418. The molecule has 2 N–H and O–H groups in total. The van der Waals surface area contributed by atoms with Crippen LogP contribution in [0.25, 0.3) is 11.3 Å². The van der Waals surface area contributed by atoms with E-state index in [2.05, 4.69) is 15.5 Å². The summed E-state index contributed by atoms with van der Waals surface area (Å²) in [6, 6.07) is 19.6. The lowest BCUT2D eigenvalue weighted by Crippen LogP contribution is -2.11. The van der Waals surface area contributed by atoms with Crippen LogP contribution in [0.15, 0.2) is 66.7 Å². The van der Waals surface area contributed by atoms with E-state index in [1.807, 2.05) is 62.6 Å². The van der Waals surface area contributed by atoms with E-state index in [9.17, 15) is 14.0 Å². The second-order valence-electron chi connectivity index (χ2n) is 8.40. The quantitative estimate of drug-likeness (QED) is 0.401. The number of nitrogens with one attached hydrogen (secondary N) is 2. The molecule has 0 radical (unpaired) electrons. The maximum atomic E-state index is 13.8. The number of nitrogens with zero attached hydrogens (tertiary/aromatic N) is 1. The molecule has 3 aromatic rings. The molecule has 0 unspecified atom stereocenters. The number of fused-ring (bicyclic) bond motifs is 1. The van der Waals surface area contributed by atoms with Gasteiger partial charge in [0, 0.05) is 17.8 Å². The standard InChI is InChI=1S/C27H26FN3O3/c1-31(2)16-18-6-11-21(12-7-18)29-26(19-8-4-17(5-9-19)14-24(32)34-3)25-22-13-10-20(28)15-23(22)30-27(25)33/h4-13,15,29H,14,16H2,1-3H3,(H,30,33). The van der Waals surface area contributed by atoms with Crippen LogP contribution in [0.5, 0.6) is 0 Å². The number of rotatable bonds is 7. The molecule has 0 saturated heterocycles. The Morgan fingerprint density at radius 2 is 1.68 bits per heavy atom. The second kappa shape index (κ2) is 9.89. The number of esters is 1. The highest BCUT2D eigenvalue weighted by atomic mass is 19.1. The van der Waals surface area contributed by atoms with E-state index in [4.69, 9.17) is 4.74 Å². The van der Waals surface area contributed by atoms with Gasteiger partial charge in [-0.1, -0.05) is 36.4 Å². The van der Waals surface area contributed by atoms with Crippen molar-refractivity contribution in [1.29, 1.82) is 0 Å². The fraction of sp³-hybridized carbons (Fsp3) is 0.185. The summed E-state index contributed by atoms with van der Waals surface area (Å²) in [6.45, 7) is 0.817. The Kier molecular flexibility index (Phi) is 6.75. The molecule has 1 heterocycles. The Bertz CT molecular complexity index is 1250. The molecule has 0 bridgehead atoms. The lowest BCUT2D eigenvalue weighted by molar-refractivity contribution is -0.139. The van der Waals surface area contributed by atoms with Gasteiger partial charge in [-0.15, -0.1) is 0 Å². The Labute approximate surface area is 198 Å². The topological polar surface area (TPSA) is 70.7 Å². The molecule has 0 spiro atoms. The van der Waals surface area contributed by atoms with Crippen LogP contribution in [0.3, 0.4) is 0 Å². The molecule has 7 heteroatoms. The highest BCUT2D eigenvalue weighted by Crippen LogP contribution is 2.38. The zero-order valence-electron chi connectivity index (χ0n) is 19.3. The van der Waals surface area contributed by atoms with Gasteiger partial charge in [0.25, 0.3) is 5.91 Å². The lowest BCUT2D eigenvalue weighted by atomic mass is 9.98. The van der Waals surface area contributed by atoms with Crippen LogP contribution in [0.4, 0.5) is 15.8 Å². The first-order valence-electron chi connectivity index (χ1n) is 10.9. The van der Waals surface area contributed by atoms with Crippen LogP contribution in [0.1, 0.15) is 22.3 Å². The number of hydrogen-bond acceptors (Lipinski definition) is 5. The van der Waals surface area contributed by atoms with Crippen molar-refractivity contribution in [3.05, 3.63) is 94.8 Å². The Hall–Kier alpha value is -3.97. The molecule has 34 heavy (non-hydrogen) atoms. The average Bonchev–Trinajstić information content (AvgIpc) is 3.13. The van der Waals surface area contributed by atoms with Crippen LogP contribution in [0, 0.1) is 5.82 Å². The van der Waals surface area contributed by atoms with Gasteiger partial charge in [-0.3, -0.25) is 9.59 Å². The van der Waals surface area contributed by atoms with E-state index in [1.54, 1.807) is 6.07 Å². The minimum Gasteiger partial charge on any atom is -0.469 e. The maximum Gasteiger partial charge on any atom is 0.309 e. The van der Waals surface area contributed by atoms with E-state index in [1.165, 1.54) is 19.2 Å². The third-order valence-corrected chi connectivity index (χ3v) is 5.52. The van der Waals surface area contributed by atoms with Gasteiger partial charge in [0.2, 0.25) is 0 Å². The van der Waals surface area contributed by atoms with Gasteiger partial charge in [-0.05, 0) is 61.1 Å². The summed E-state index contributed by atoms with van der Waals surface area (Å²) < 4.78 is 18.5. The molecular weight excluding hydrogens is 433 g/mol. The first kappa shape index (κ1) is 23.2. The fourth-order valence-electron chi connectivity index (χ4n) is 3.90.